The minimum Gasteiger partial charge on any atom is -0.399 e. The van der Waals surface area contributed by atoms with E-state index >= 15 is 0 Å². The molecule has 5 heteroatoms. The van der Waals surface area contributed by atoms with E-state index in [1.807, 2.05) is 97.9 Å². The number of hydrazone groups is 1. The highest BCUT2D eigenvalue weighted by Gasteiger charge is 2.08. The first kappa shape index (κ1) is 18.4. The Hall–Kier alpha value is -3.99. The van der Waals surface area contributed by atoms with Crippen molar-refractivity contribution in [3.8, 4) is 22.5 Å². The first-order valence-corrected chi connectivity index (χ1v) is 9.35. The van der Waals surface area contributed by atoms with Crippen molar-refractivity contribution in [3.05, 3.63) is 96.6 Å². The Labute approximate surface area is 170 Å². The van der Waals surface area contributed by atoms with Gasteiger partial charge in [0.05, 0.1) is 17.1 Å². The molecule has 0 radical (unpaired) electrons. The van der Waals surface area contributed by atoms with Crippen molar-refractivity contribution in [2.24, 2.45) is 5.10 Å². The van der Waals surface area contributed by atoms with Crippen LogP contribution in [0.15, 0.2) is 96.1 Å². The molecule has 1 heterocycles. The molecule has 5 nitrogen and oxygen atoms in total. The van der Waals surface area contributed by atoms with Crippen molar-refractivity contribution in [3.63, 3.8) is 0 Å². The summed E-state index contributed by atoms with van der Waals surface area (Å²) in [5.74, 6) is 0.444. The normalized spacial score (nSPS) is 11.3. The maximum atomic E-state index is 5.76. The van der Waals surface area contributed by atoms with Gasteiger partial charge < -0.3 is 5.73 Å². The summed E-state index contributed by atoms with van der Waals surface area (Å²) < 4.78 is 0. The molecule has 0 aliphatic carbocycles. The smallest absolute Gasteiger partial charge is 0.244 e. The van der Waals surface area contributed by atoms with E-state index in [9.17, 15) is 0 Å². The quantitative estimate of drug-likeness (QED) is 0.283. The molecule has 1 aromatic heterocycles. The third-order valence-corrected chi connectivity index (χ3v) is 4.52. The Morgan fingerprint density at radius 3 is 1.79 bits per heavy atom. The van der Waals surface area contributed by atoms with Gasteiger partial charge in [0, 0.05) is 16.8 Å². The molecule has 0 aliphatic heterocycles. The van der Waals surface area contributed by atoms with E-state index in [2.05, 4.69) is 20.5 Å². The molecule has 0 saturated heterocycles. The van der Waals surface area contributed by atoms with E-state index in [0.717, 1.165) is 39.5 Å². The summed E-state index contributed by atoms with van der Waals surface area (Å²) in [6, 6.07) is 29.7. The van der Waals surface area contributed by atoms with Gasteiger partial charge in [0.2, 0.25) is 5.95 Å². The summed E-state index contributed by atoms with van der Waals surface area (Å²) >= 11 is 0. The van der Waals surface area contributed by atoms with Crippen LogP contribution in [-0.4, -0.2) is 15.7 Å². The summed E-state index contributed by atoms with van der Waals surface area (Å²) in [6.07, 6.45) is 0. The van der Waals surface area contributed by atoms with Gasteiger partial charge >= 0.3 is 0 Å². The number of nitrogens with one attached hydrogen (secondary N) is 1. The molecule has 0 amide bonds. The fourth-order valence-electron chi connectivity index (χ4n) is 2.93. The van der Waals surface area contributed by atoms with E-state index in [1.54, 1.807) is 0 Å². The Balaban J connectivity index is 1.70. The summed E-state index contributed by atoms with van der Waals surface area (Å²) in [4.78, 5) is 9.32. The van der Waals surface area contributed by atoms with Gasteiger partial charge in [-0.15, -0.1) is 0 Å². The maximum absolute atomic E-state index is 5.76. The summed E-state index contributed by atoms with van der Waals surface area (Å²) in [7, 11) is 0. The lowest BCUT2D eigenvalue weighted by Gasteiger charge is -2.09. The van der Waals surface area contributed by atoms with Gasteiger partial charge in [0.25, 0.3) is 0 Å². The van der Waals surface area contributed by atoms with Crippen molar-refractivity contribution in [1.29, 1.82) is 0 Å². The monoisotopic (exact) mass is 379 g/mol. The number of nitrogens with two attached hydrogens (primary N) is 1. The van der Waals surface area contributed by atoms with Gasteiger partial charge in [-0.3, -0.25) is 0 Å². The first-order chi connectivity index (χ1) is 14.2. The lowest BCUT2D eigenvalue weighted by molar-refractivity contribution is 1.12. The SMILES string of the molecule is CC(=NNc1nc(-c2ccccc2)cc(-c2ccccc2)n1)c1ccc(N)cc1. The predicted octanol–water partition coefficient (Wildman–Crippen LogP) is 5.23. The second-order valence-corrected chi connectivity index (χ2v) is 6.63. The van der Waals surface area contributed by atoms with Gasteiger partial charge in [-0.2, -0.15) is 5.10 Å². The predicted molar refractivity (Wildman–Crippen MR) is 120 cm³/mol. The third kappa shape index (κ3) is 4.47. The average Bonchev–Trinajstić information content (AvgIpc) is 2.79. The van der Waals surface area contributed by atoms with Crippen LogP contribution in [0.5, 0.6) is 0 Å². The zero-order valence-electron chi connectivity index (χ0n) is 16.1. The zero-order chi connectivity index (χ0) is 20.1. The van der Waals surface area contributed by atoms with Crippen LogP contribution in [0, 0.1) is 0 Å². The second-order valence-electron chi connectivity index (χ2n) is 6.63. The standard InChI is InChI=1S/C24H21N5/c1-17(18-12-14-21(25)15-13-18)28-29-24-26-22(19-8-4-2-5-9-19)16-23(27-24)20-10-6-3-7-11-20/h2-16H,25H2,1H3,(H,26,27,29). The van der Waals surface area contributed by atoms with E-state index in [4.69, 9.17) is 5.73 Å². The average molecular weight is 379 g/mol. The molecule has 4 rings (SSSR count). The Bertz CT molecular complexity index is 1060. The number of nitrogens with zero attached hydrogens (tertiary/aromatic N) is 3. The zero-order valence-corrected chi connectivity index (χ0v) is 16.1. The van der Waals surface area contributed by atoms with Crippen LogP contribution in [0.4, 0.5) is 11.6 Å². The maximum Gasteiger partial charge on any atom is 0.244 e. The highest BCUT2D eigenvalue weighted by molar-refractivity contribution is 5.99. The molecule has 0 unspecified atom stereocenters. The minimum absolute atomic E-state index is 0.444. The molecule has 4 aromatic rings. The van der Waals surface area contributed by atoms with Crippen LogP contribution in [-0.2, 0) is 0 Å². The van der Waals surface area contributed by atoms with Gasteiger partial charge in [0.15, 0.2) is 0 Å². The molecular weight excluding hydrogens is 358 g/mol. The first-order valence-electron chi connectivity index (χ1n) is 9.35. The summed E-state index contributed by atoms with van der Waals surface area (Å²) in [5, 5.41) is 4.46. The lowest BCUT2D eigenvalue weighted by Crippen LogP contribution is -2.04. The molecule has 0 saturated carbocycles. The molecule has 0 spiro atoms. The summed E-state index contributed by atoms with van der Waals surface area (Å²) in [6.45, 7) is 1.93. The third-order valence-electron chi connectivity index (χ3n) is 4.52. The molecule has 29 heavy (non-hydrogen) atoms. The van der Waals surface area contributed by atoms with Gasteiger partial charge in [0.1, 0.15) is 0 Å². The number of hydrogen-bond acceptors (Lipinski definition) is 5. The molecule has 0 fully saturated rings. The van der Waals surface area contributed by atoms with Crippen molar-refractivity contribution < 1.29 is 0 Å². The molecule has 0 bridgehead atoms. The lowest BCUT2D eigenvalue weighted by atomic mass is 10.1. The number of anilines is 2. The fourth-order valence-corrected chi connectivity index (χ4v) is 2.93. The van der Waals surface area contributed by atoms with Crippen LogP contribution in [0.3, 0.4) is 0 Å². The van der Waals surface area contributed by atoms with Crippen LogP contribution >= 0.6 is 0 Å². The van der Waals surface area contributed by atoms with Crippen molar-refractivity contribution in [2.45, 2.75) is 6.92 Å². The number of benzene rings is 3. The van der Waals surface area contributed by atoms with E-state index in [-0.39, 0.29) is 0 Å². The minimum atomic E-state index is 0.444. The molecule has 142 valence electrons. The fraction of sp³-hybridized carbons (Fsp3) is 0.0417. The molecule has 0 aliphatic rings. The number of nitrogen functional groups attached to an aromatic ring is 1. The van der Waals surface area contributed by atoms with Crippen LogP contribution < -0.4 is 11.2 Å². The van der Waals surface area contributed by atoms with E-state index in [1.165, 1.54) is 0 Å². The Kier molecular flexibility index (Phi) is 5.29. The molecule has 3 N–H and O–H groups in total. The van der Waals surface area contributed by atoms with Crippen molar-refractivity contribution >= 4 is 17.3 Å². The Morgan fingerprint density at radius 1 is 0.759 bits per heavy atom. The highest BCUT2D eigenvalue weighted by atomic mass is 15.4. The van der Waals surface area contributed by atoms with Gasteiger partial charge in [-0.05, 0) is 30.7 Å². The molecular formula is C24H21N5. The topological polar surface area (TPSA) is 76.2 Å². The van der Waals surface area contributed by atoms with E-state index < -0.39 is 0 Å². The molecule has 3 aromatic carbocycles. The van der Waals surface area contributed by atoms with Crippen LogP contribution in [0.25, 0.3) is 22.5 Å². The number of aromatic nitrogens is 2. The van der Waals surface area contributed by atoms with Crippen LogP contribution in [0.2, 0.25) is 0 Å². The van der Waals surface area contributed by atoms with Gasteiger partial charge in [-0.1, -0.05) is 72.8 Å². The van der Waals surface area contributed by atoms with Crippen molar-refractivity contribution in [2.75, 3.05) is 11.2 Å². The summed E-state index contributed by atoms with van der Waals surface area (Å²) in [5.41, 5.74) is 15.0. The number of rotatable bonds is 5. The Morgan fingerprint density at radius 2 is 1.28 bits per heavy atom. The highest BCUT2D eigenvalue weighted by Crippen LogP contribution is 2.25. The van der Waals surface area contributed by atoms with Gasteiger partial charge in [-0.25, -0.2) is 15.4 Å². The van der Waals surface area contributed by atoms with Crippen LogP contribution in [0.1, 0.15) is 12.5 Å². The second kappa shape index (κ2) is 8.35. The van der Waals surface area contributed by atoms with Crippen molar-refractivity contribution in [1.82, 2.24) is 9.97 Å². The molecule has 0 atom stereocenters. The van der Waals surface area contributed by atoms with E-state index in [0.29, 0.717) is 5.95 Å². The largest absolute Gasteiger partial charge is 0.399 e. The number of hydrogen-bond donors (Lipinski definition) is 2.